The van der Waals surface area contributed by atoms with E-state index in [2.05, 4.69) is 26.6 Å². The Morgan fingerprint density at radius 1 is 1.09 bits per heavy atom. The normalized spacial score (nSPS) is 11.6. The average Bonchev–Trinajstić information content (AvgIpc) is 2.47. The summed E-state index contributed by atoms with van der Waals surface area (Å²) < 4.78 is 0.954. The van der Waals surface area contributed by atoms with Crippen molar-refractivity contribution < 1.29 is 9.59 Å². The molecule has 0 saturated carbocycles. The third kappa shape index (κ3) is 4.18. The van der Waals surface area contributed by atoms with Crippen molar-refractivity contribution in [1.82, 2.24) is 5.32 Å². The van der Waals surface area contributed by atoms with Gasteiger partial charge in [0.05, 0.1) is 6.04 Å². The maximum Gasteiger partial charge on any atom is 0.251 e. The molecule has 0 heterocycles. The third-order valence-electron chi connectivity index (χ3n) is 3.16. The molecule has 0 spiro atoms. The third-order valence-corrected chi connectivity index (χ3v) is 3.89. The monoisotopic (exact) mass is 360 g/mol. The number of hydrogen-bond donors (Lipinski definition) is 2. The van der Waals surface area contributed by atoms with Gasteiger partial charge >= 0.3 is 0 Å². The highest BCUT2D eigenvalue weighted by Crippen LogP contribution is 2.23. The first-order chi connectivity index (χ1) is 10.5. The van der Waals surface area contributed by atoms with Crippen molar-refractivity contribution in [2.24, 2.45) is 0 Å². The van der Waals surface area contributed by atoms with Gasteiger partial charge in [-0.3, -0.25) is 9.59 Å². The molecule has 2 aromatic rings. The standard InChI is InChI=1S/C17H17BrN2O2/c1-11(15-8-3-4-9-16(15)18)19-17(22)13-6-5-7-14(10-13)20-12(2)21/h3-11H,1-2H3,(H,19,22)(H,20,21)/t11-/m0/s1. The van der Waals surface area contributed by atoms with E-state index in [9.17, 15) is 9.59 Å². The maximum atomic E-state index is 12.3. The summed E-state index contributed by atoms with van der Waals surface area (Å²) in [5.74, 6) is -0.352. The van der Waals surface area contributed by atoms with Gasteiger partial charge in [-0.05, 0) is 36.8 Å². The number of amides is 2. The molecule has 4 nitrogen and oxygen atoms in total. The highest BCUT2D eigenvalue weighted by molar-refractivity contribution is 9.10. The molecule has 2 amide bonds. The van der Waals surface area contributed by atoms with Gasteiger partial charge in [0.25, 0.3) is 5.91 Å². The zero-order valence-electron chi connectivity index (χ0n) is 12.4. The second kappa shape index (κ2) is 7.22. The minimum Gasteiger partial charge on any atom is -0.345 e. The zero-order valence-corrected chi connectivity index (χ0v) is 14.0. The molecule has 0 aliphatic carbocycles. The van der Waals surface area contributed by atoms with Crippen LogP contribution in [0.25, 0.3) is 0 Å². The Labute approximate surface area is 138 Å². The van der Waals surface area contributed by atoms with Crippen molar-refractivity contribution in [3.05, 3.63) is 64.1 Å². The van der Waals surface area contributed by atoms with Gasteiger partial charge in [0, 0.05) is 22.6 Å². The predicted octanol–water partition coefficient (Wildman–Crippen LogP) is 3.90. The van der Waals surface area contributed by atoms with Crippen LogP contribution in [-0.4, -0.2) is 11.8 Å². The van der Waals surface area contributed by atoms with Crippen molar-refractivity contribution in [2.45, 2.75) is 19.9 Å². The van der Waals surface area contributed by atoms with Crippen molar-refractivity contribution in [3.8, 4) is 0 Å². The van der Waals surface area contributed by atoms with Gasteiger partial charge in [0.15, 0.2) is 0 Å². The fourth-order valence-electron chi connectivity index (χ4n) is 2.13. The summed E-state index contributed by atoms with van der Waals surface area (Å²) in [6, 6.07) is 14.5. The molecule has 114 valence electrons. The number of nitrogens with one attached hydrogen (secondary N) is 2. The van der Waals surface area contributed by atoms with E-state index in [4.69, 9.17) is 0 Å². The van der Waals surface area contributed by atoms with Crippen LogP contribution in [0.1, 0.15) is 35.8 Å². The van der Waals surface area contributed by atoms with Crippen LogP contribution in [-0.2, 0) is 4.79 Å². The molecule has 0 aliphatic heterocycles. The fourth-order valence-corrected chi connectivity index (χ4v) is 2.75. The van der Waals surface area contributed by atoms with E-state index in [0.717, 1.165) is 10.0 Å². The summed E-state index contributed by atoms with van der Waals surface area (Å²) in [5.41, 5.74) is 2.12. The topological polar surface area (TPSA) is 58.2 Å². The Balaban J connectivity index is 2.12. The Morgan fingerprint density at radius 3 is 2.50 bits per heavy atom. The number of carbonyl (C=O) groups is 2. The predicted molar refractivity (Wildman–Crippen MR) is 90.8 cm³/mol. The Hall–Kier alpha value is -2.14. The van der Waals surface area contributed by atoms with Crippen molar-refractivity contribution >= 4 is 33.4 Å². The molecule has 0 radical (unpaired) electrons. The summed E-state index contributed by atoms with van der Waals surface area (Å²) in [5, 5.41) is 5.62. The first-order valence-electron chi connectivity index (χ1n) is 6.90. The van der Waals surface area contributed by atoms with Crippen molar-refractivity contribution in [1.29, 1.82) is 0 Å². The van der Waals surface area contributed by atoms with Gasteiger partial charge in [0.2, 0.25) is 5.91 Å². The summed E-state index contributed by atoms with van der Waals surface area (Å²) in [4.78, 5) is 23.4. The zero-order chi connectivity index (χ0) is 16.1. The highest BCUT2D eigenvalue weighted by Gasteiger charge is 2.13. The SMILES string of the molecule is CC(=O)Nc1cccc(C(=O)N[C@@H](C)c2ccccc2Br)c1. The lowest BCUT2D eigenvalue weighted by Gasteiger charge is -2.16. The first kappa shape index (κ1) is 16.2. The maximum absolute atomic E-state index is 12.3. The molecule has 1 atom stereocenters. The molecule has 2 rings (SSSR count). The van der Waals surface area contributed by atoms with E-state index in [1.54, 1.807) is 24.3 Å². The molecular formula is C17H17BrN2O2. The summed E-state index contributed by atoms with van der Waals surface area (Å²) >= 11 is 3.48. The molecule has 0 unspecified atom stereocenters. The molecule has 0 aliphatic rings. The summed E-state index contributed by atoms with van der Waals surface area (Å²) in [7, 11) is 0. The Morgan fingerprint density at radius 2 is 1.82 bits per heavy atom. The van der Waals surface area contributed by atoms with Gasteiger partial charge in [-0.1, -0.05) is 40.2 Å². The highest BCUT2D eigenvalue weighted by atomic mass is 79.9. The largest absolute Gasteiger partial charge is 0.345 e. The lowest BCUT2D eigenvalue weighted by atomic mass is 10.1. The van der Waals surface area contributed by atoms with E-state index in [1.165, 1.54) is 6.92 Å². The molecule has 0 aromatic heterocycles. The first-order valence-corrected chi connectivity index (χ1v) is 7.69. The Bertz CT molecular complexity index is 701. The van der Waals surface area contributed by atoms with Gasteiger partial charge in [-0.25, -0.2) is 0 Å². The van der Waals surface area contributed by atoms with Crippen LogP contribution in [0.3, 0.4) is 0 Å². The van der Waals surface area contributed by atoms with E-state index in [0.29, 0.717) is 11.3 Å². The lowest BCUT2D eigenvalue weighted by molar-refractivity contribution is -0.114. The molecule has 0 bridgehead atoms. The molecule has 22 heavy (non-hydrogen) atoms. The van der Waals surface area contributed by atoms with Gasteiger partial charge in [0.1, 0.15) is 0 Å². The minimum atomic E-state index is -0.185. The van der Waals surface area contributed by atoms with Gasteiger partial charge < -0.3 is 10.6 Å². The van der Waals surface area contributed by atoms with E-state index in [1.807, 2.05) is 31.2 Å². The molecule has 5 heteroatoms. The average molecular weight is 361 g/mol. The smallest absolute Gasteiger partial charge is 0.251 e. The lowest BCUT2D eigenvalue weighted by Crippen LogP contribution is -2.27. The van der Waals surface area contributed by atoms with Crippen LogP contribution in [0.4, 0.5) is 5.69 Å². The summed E-state index contributed by atoms with van der Waals surface area (Å²) in [6.07, 6.45) is 0. The van der Waals surface area contributed by atoms with Crippen LogP contribution in [0.2, 0.25) is 0 Å². The van der Waals surface area contributed by atoms with Crippen LogP contribution in [0.5, 0.6) is 0 Å². The van der Waals surface area contributed by atoms with Crippen LogP contribution in [0, 0.1) is 0 Å². The van der Waals surface area contributed by atoms with Crippen LogP contribution < -0.4 is 10.6 Å². The van der Waals surface area contributed by atoms with Gasteiger partial charge in [-0.2, -0.15) is 0 Å². The Kier molecular flexibility index (Phi) is 5.33. The number of carbonyl (C=O) groups excluding carboxylic acids is 2. The van der Waals surface area contributed by atoms with Gasteiger partial charge in [-0.15, -0.1) is 0 Å². The molecule has 0 fully saturated rings. The molecular weight excluding hydrogens is 344 g/mol. The second-order valence-electron chi connectivity index (χ2n) is 4.98. The number of halogens is 1. The van der Waals surface area contributed by atoms with Crippen LogP contribution in [0.15, 0.2) is 53.0 Å². The van der Waals surface area contributed by atoms with E-state index >= 15 is 0 Å². The summed E-state index contributed by atoms with van der Waals surface area (Å²) in [6.45, 7) is 3.36. The van der Waals surface area contributed by atoms with E-state index < -0.39 is 0 Å². The van der Waals surface area contributed by atoms with Crippen molar-refractivity contribution in [3.63, 3.8) is 0 Å². The number of anilines is 1. The molecule has 0 saturated heterocycles. The second-order valence-corrected chi connectivity index (χ2v) is 5.83. The number of benzene rings is 2. The van der Waals surface area contributed by atoms with E-state index in [-0.39, 0.29) is 17.9 Å². The van der Waals surface area contributed by atoms with Crippen molar-refractivity contribution in [2.75, 3.05) is 5.32 Å². The number of rotatable bonds is 4. The quantitative estimate of drug-likeness (QED) is 0.868. The molecule has 2 aromatic carbocycles. The number of hydrogen-bond acceptors (Lipinski definition) is 2. The molecule has 2 N–H and O–H groups in total. The minimum absolute atomic E-state index is 0.132. The van der Waals surface area contributed by atoms with Crippen LogP contribution >= 0.6 is 15.9 Å². The fraction of sp³-hybridized carbons (Fsp3) is 0.176.